The number of halogens is 3. The smallest absolute Gasteiger partial charge is 0.193 e. The Balaban J connectivity index is 0.00000312. The summed E-state index contributed by atoms with van der Waals surface area (Å²) in [6, 6.07) is 10.0. The van der Waals surface area contributed by atoms with Crippen molar-refractivity contribution < 1.29 is 18.6 Å². The highest BCUT2D eigenvalue weighted by Gasteiger charge is 2.26. The maximum atomic E-state index is 13.8. The molecule has 0 heterocycles. The number of methoxy groups -OCH3 is 1. The molecule has 0 spiro atoms. The largest absolute Gasteiger partial charge is 0.497 e. The van der Waals surface area contributed by atoms with Gasteiger partial charge < -0.3 is 20.9 Å². The van der Waals surface area contributed by atoms with Gasteiger partial charge in [-0.15, -0.1) is 24.0 Å². The van der Waals surface area contributed by atoms with E-state index in [2.05, 4.69) is 10.3 Å². The minimum absolute atomic E-state index is 0. The zero-order valence-corrected chi connectivity index (χ0v) is 16.1. The number of ether oxygens (including phenoxy) is 1. The molecule has 2 aromatic carbocycles. The van der Waals surface area contributed by atoms with Crippen molar-refractivity contribution in [1.29, 1.82) is 0 Å². The van der Waals surface area contributed by atoms with E-state index in [4.69, 9.17) is 10.5 Å². The molecule has 0 fully saturated rings. The first-order valence-corrected chi connectivity index (χ1v) is 7.21. The van der Waals surface area contributed by atoms with E-state index in [-0.39, 0.29) is 42.0 Å². The van der Waals surface area contributed by atoms with Gasteiger partial charge in [0.2, 0.25) is 0 Å². The van der Waals surface area contributed by atoms with Gasteiger partial charge in [-0.3, -0.25) is 0 Å². The minimum atomic E-state index is -1.63. The van der Waals surface area contributed by atoms with Gasteiger partial charge in [0.15, 0.2) is 5.96 Å². The van der Waals surface area contributed by atoms with Crippen LogP contribution in [0.5, 0.6) is 5.75 Å². The maximum Gasteiger partial charge on any atom is 0.193 e. The number of rotatable bonds is 5. The van der Waals surface area contributed by atoms with Gasteiger partial charge in [0.25, 0.3) is 0 Å². The van der Waals surface area contributed by atoms with E-state index in [9.17, 15) is 13.9 Å². The van der Waals surface area contributed by atoms with Crippen molar-refractivity contribution in [2.24, 2.45) is 10.7 Å². The monoisotopic (exact) mass is 463 g/mol. The average Bonchev–Trinajstić information content (AvgIpc) is 2.53. The fraction of sp³-hybridized carbons (Fsp3) is 0.235. The minimum Gasteiger partial charge on any atom is -0.497 e. The average molecular weight is 463 g/mol. The molecule has 2 rings (SSSR count). The summed E-state index contributed by atoms with van der Waals surface area (Å²) in [5.41, 5.74) is 4.75. The Hall–Kier alpha value is -1.94. The molecule has 0 aliphatic heterocycles. The van der Waals surface area contributed by atoms with E-state index in [1.165, 1.54) is 13.0 Å². The van der Waals surface area contributed by atoms with Gasteiger partial charge in [-0.05, 0) is 25.1 Å². The molecule has 0 radical (unpaired) electrons. The van der Waals surface area contributed by atoms with Gasteiger partial charge in [0.1, 0.15) is 23.0 Å². The van der Waals surface area contributed by atoms with Gasteiger partial charge in [0.05, 0.1) is 13.7 Å². The number of guanidine groups is 1. The number of nitrogens with two attached hydrogens (primary N) is 1. The van der Waals surface area contributed by atoms with Gasteiger partial charge >= 0.3 is 0 Å². The highest BCUT2D eigenvalue weighted by atomic mass is 127. The van der Waals surface area contributed by atoms with E-state index in [0.717, 1.165) is 6.07 Å². The van der Waals surface area contributed by atoms with Crippen molar-refractivity contribution >= 4 is 35.6 Å². The van der Waals surface area contributed by atoms with Crippen LogP contribution in [-0.4, -0.2) is 24.7 Å². The van der Waals surface area contributed by atoms with Gasteiger partial charge in [-0.2, -0.15) is 0 Å². The summed E-state index contributed by atoms with van der Waals surface area (Å²) < 4.78 is 31.9. The topological polar surface area (TPSA) is 79.9 Å². The Morgan fingerprint density at radius 3 is 2.64 bits per heavy atom. The molecule has 0 aliphatic carbocycles. The summed E-state index contributed by atoms with van der Waals surface area (Å²) >= 11 is 0. The third kappa shape index (κ3) is 5.82. The van der Waals surface area contributed by atoms with Crippen molar-refractivity contribution in [2.45, 2.75) is 12.5 Å². The third-order valence-corrected chi connectivity index (χ3v) is 3.41. The lowest BCUT2D eigenvalue weighted by Gasteiger charge is -2.22. The Morgan fingerprint density at radius 1 is 1.28 bits per heavy atom. The number of hydrogen-bond acceptors (Lipinski definition) is 3. The number of aliphatic hydroxyl groups is 1. The van der Waals surface area contributed by atoms with Crippen LogP contribution >= 0.6 is 24.0 Å². The van der Waals surface area contributed by atoms with Crippen LogP contribution in [0.4, 0.5) is 14.5 Å². The predicted octanol–water partition coefficient (Wildman–Crippen LogP) is 3.23. The molecule has 1 unspecified atom stereocenters. The molecule has 25 heavy (non-hydrogen) atoms. The predicted molar refractivity (Wildman–Crippen MR) is 104 cm³/mol. The molecular weight excluding hydrogens is 443 g/mol. The number of hydrogen-bond donors (Lipinski definition) is 3. The third-order valence-electron chi connectivity index (χ3n) is 3.41. The van der Waals surface area contributed by atoms with Gasteiger partial charge in [0, 0.05) is 23.4 Å². The van der Waals surface area contributed by atoms with Crippen LogP contribution in [0.1, 0.15) is 12.5 Å². The standard InChI is InChI=1S/C17H19F2N3O2.HI/c1-17(23,14-7-6-11(18)8-15(14)19)10-21-16(20)22-12-4-3-5-13(9-12)24-2;/h3-9,23H,10H2,1-2H3,(H3,20,21,22);1H. The molecule has 0 aliphatic rings. The van der Waals surface area contributed by atoms with E-state index in [0.29, 0.717) is 17.5 Å². The molecule has 2 aromatic rings. The summed E-state index contributed by atoms with van der Waals surface area (Å²) in [4.78, 5) is 4.02. The van der Waals surface area contributed by atoms with E-state index in [1.54, 1.807) is 31.4 Å². The zero-order chi connectivity index (χ0) is 17.7. The number of anilines is 1. The quantitative estimate of drug-likeness (QED) is 0.362. The highest BCUT2D eigenvalue weighted by Crippen LogP contribution is 2.24. The molecule has 8 heteroatoms. The highest BCUT2D eigenvalue weighted by molar-refractivity contribution is 14.0. The van der Waals surface area contributed by atoms with Crippen LogP contribution in [0, 0.1) is 11.6 Å². The van der Waals surface area contributed by atoms with E-state index in [1.807, 2.05) is 0 Å². The second-order valence-corrected chi connectivity index (χ2v) is 5.46. The van der Waals surface area contributed by atoms with Crippen LogP contribution in [0.25, 0.3) is 0 Å². The molecule has 0 saturated carbocycles. The summed E-state index contributed by atoms with van der Waals surface area (Å²) in [6.07, 6.45) is 0. The Bertz CT molecular complexity index is 754. The molecule has 0 saturated heterocycles. The maximum absolute atomic E-state index is 13.8. The first-order valence-electron chi connectivity index (χ1n) is 7.21. The van der Waals surface area contributed by atoms with Crippen LogP contribution in [0.3, 0.4) is 0 Å². The second-order valence-electron chi connectivity index (χ2n) is 5.46. The number of nitrogens with zero attached hydrogens (tertiary/aromatic N) is 1. The summed E-state index contributed by atoms with van der Waals surface area (Å²) in [6.45, 7) is 1.18. The lowest BCUT2D eigenvalue weighted by Crippen LogP contribution is -2.30. The fourth-order valence-corrected chi connectivity index (χ4v) is 2.14. The Kier molecular flexibility index (Phi) is 7.56. The number of aliphatic imine (C=N–C) groups is 1. The van der Waals surface area contributed by atoms with E-state index >= 15 is 0 Å². The first-order chi connectivity index (χ1) is 11.3. The molecular formula is C17H20F2IN3O2. The molecule has 4 N–H and O–H groups in total. The molecule has 1 atom stereocenters. The molecule has 136 valence electrons. The number of benzene rings is 2. The van der Waals surface area contributed by atoms with Crippen LogP contribution in [0.2, 0.25) is 0 Å². The molecule has 0 bridgehead atoms. The van der Waals surface area contributed by atoms with Gasteiger partial charge in [-0.1, -0.05) is 12.1 Å². The van der Waals surface area contributed by atoms with Crippen molar-refractivity contribution in [3.8, 4) is 5.75 Å². The molecule has 0 aromatic heterocycles. The van der Waals surface area contributed by atoms with Crippen LogP contribution in [-0.2, 0) is 5.60 Å². The Labute approximate surface area is 161 Å². The molecule has 5 nitrogen and oxygen atoms in total. The SMILES string of the molecule is COc1cccc(NC(N)=NCC(C)(O)c2ccc(F)cc2F)c1.I. The van der Waals surface area contributed by atoms with Crippen molar-refractivity contribution in [3.63, 3.8) is 0 Å². The lowest BCUT2D eigenvalue weighted by molar-refractivity contribution is 0.0634. The summed E-state index contributed by atoms with van der Waals surface area (Å²) in [7, 11) is 1.55. The summed E-state index contributed by atoms with van der Waals surface area (Å²) in [5.74, 6) is -0.858. The van der Waals surface area contributed by atoms with Crippen molar-refractivity contribution in [3.05, 3.63) is 59.7 Å². The zero-order valence-electron chi connectivity index (χ0n) is 13.8. The lowest BCUT2D eigenvalue weighted by atomic mass is 9.95. The second kappa shape index (κ2) is 8.95. The normalized spacial score (nSPS) is 13.6. The van der Waals surface area contributed by atoms with Gasteiger partial charge in [-0.25, -0.2) is 13.8 Å². The summed E-state index contributed by atoms with van der Waals surface area (Å²) in [5, 5.41) is 13.2. The Morgan fingerprint density at radius 2 is 2.00 bits per heavy atom. The van der Waals surface area contributed by atoms with Crippen molar-refractivity contribution in [1.82, 2.24) is 0 Å². The number of nitrogens with one attached hydrogen (secondary N) is 1. The first kappa shape index (κ1) is 21.1. The van der Waals surface area contributed by atoms with Crippen LogP contribution < -0.4 is 15.8 Å². The van der Waals surface area contributed by atoms with Crippen molar-refractivity contribution in [2.75, 3.05) is 19.0 Å². The fourth-order valence-electron chi connectivity index (χ4n) is 2.14. The molecule has 0 amide bonds. The van der Waals surface area contributed by atoms with E-state index < -0.39 is 17.2 Å². The van der Waals surface area contributed by atoms with Crippen LogP contribution in [0.15, 0.2) is 47.5 Å².